The molecule has 0 saturated heterocycles. The molecule has 1 aromatic carbocycles. The van der Waals surface area contributed by atoms with E-state index in [2.05, 4.69) is 11.5 Å². The first kappa shape index (κ1) is 21.4. The molecule has 0 unspecified atom stereocenters. The molecule has 0 aromatic heterocycles. The van der Waals surface area contributed by atoms with Crippen molar-refractivity contribution >= 4 is 18.0 Å². The van der Waals surface area contributed by atoms with Crippen LogP contribution in [0.2, 0.25) is 0 Å². The number of nitrogens with two attached hydrogens (primary N) is 1. The molecule has 1 rings (SSSR count). The Labute approximate surface area is 129 Å². The van der Waals surface area contributed by atoms with E-state index in [0.717, 1.165) is 0 Å². The Hall–Kier alpha value is -2.85. The minimum atomic E-state index is -1.01. The van der Waals surface area contributed by atoms with Gasteiger partial charge in [-0.15, -0.1) is 5.43 Å². The number of rotatable bonds is 4. The predicted octanol–water partition coefficient (Wildman–Crippen LogP) is 1.63. The van der Waals surface area contributed by atoms with Gasteiger partial charge in [0.1, 0.15) is 6.04 Å². The van der Waals surface area contributed by atoms with Crippen molar-refractivity contribution in [3.05, 3.63) is 54.0 Å². The fraction of sp³-hybridized carbons (Fsp3) is 0.267. The molecule has 0 saturated carbocycles. The highest BCUT2D eigenvalue weighted by Gasteiger charge is 2.10. The molecule has 0 amide bonds. The van der Waals surface area contributed by atoms with Gasteiger partial charge in [0.2, 0.25) is 0 Å². The van der Waals surface area contributed by atoms with Crippen LogP contribution in [0.3, 0.4) is 0 Å². The summed E-state index contributed by atoms with van der Waals surface area (Å²) >= 11 is 0. The van der Waals surface area contributed by atoms with Crippen LogP contribution in [-0.2, 0) is 9.59 Å². The second-order valence-electron chi connectivity index (χ2n) is 4.04. The van der Waals surface area contributed by atoms with Gasteiger partial charge in [-0.3, -0.25) is 4.79 Å². The zero-order chi connectivity index (χ0) is 17.5. The maximum atomic E-state index is 9.88. The molecule has 7 heteroatoms. The van der Waals surface area contributed by atoms with E-state index in [0.29, 0.717) is 0 Å². The molecule has 0 fully saturated rings. The van der Waals surface area contributed by atoms with Gasteiger partial charge in [0.05, 0.1) is 0 Å². The third-order valence-corrected chi connectivity index (χ3v) is 2.05. The SMILES string of the molecule is C=Cc1ccccc1.C[C@H](N)C(=O)O.[C-]#[N+]N[C@@H](C)C(=O)O. The molecule has 5 N–H and O–H groups in total. The normalized spacial score (nSPS) is 11.0. The first-order valence-corrected chi connectivity index (χ1v) is 6.26. The summed E-state index contributed by atoms with van der Waals surface area (Å²) in [5, 5.41) is 16.0. The Bertz CT molecular complexity index is 495. The molecule has 22 heavy (non-hydrogen) atoms. The Kier molecular flexibility index (Phi) is 12.8. The summed E-state index contributed by atoms with van der Waals surface area (Å²) in [6.07, 6.45) is 1.83. The van der Waals surface area contributed by atoms with Crippen LogP contribution in [0.15, 0.2) is 36.9 Å². The van der Waals surface area contributed by atoms with Gasteiger partial charge in [-0.1, -0.05) is 43.0 Å². The summed E-state index contributed by atoms with van der Waals surface area (Å²) in [4.78, 5) is 22.1. The molecular weight excluding hydrogens is 286 g/mol. The summed E-state index contributed by atoms with van der Waals surface area (Å²) in [6, 6.07) is 8.53. The highest BCUT2D eigenvalue weighted by atomic mass is 16.4. The number of benzene rings is 1. The van der Waals surface area contributed by atoms with Gasteiger partial charge in [-0.05, 0) is 19.4 Å². The number of aliphatic carboxylic acids is 2. The third-order valence-electron chi connectivity index (χ3n) is 2.05. The molecule has 120 valence electrons. The van der Waals surface area contributed by atoms with Crippen LogP contribution in [0.25, 0.3) is 11.0 Å². The molecular formula is C15H21N3O4. The largest absolute Gasteiger partial charge is 0.480 e. The quantitative estimate of drug-likeness (QED) is 0.496. The van der Waals surface area contributed by atoms with Gasteiger partial charge >= 0.3 is 11.9 Å². The molecule has 0 aliphatic heterocycles. The number of carboxylic acids is 2. The molecule has 1 aromatic rings. The molecule has 2 atom stereocenters. The molecule has 0 heterocycles. The summed E-state index contributed by atoms with van der Waals surface area (Å²) in [6.45, 7) is 12.6. The first-order chi connectivity index (χ1) is 10.3. The minimum absolute atomic E-state index is 0.731. The van der Waals surface area contributed by atoms with Gasteiger partial charge in [-0.25, -0.2) is 4.79 Å². The lowest BCUT2D eigenvalue weighted by Gasteiger charge is -1.94. The molecule has 7 nitrogen and oxygen atoms in total. The van der Waals surface area contributed by atoms with Crippen LogP contribution in [0, 0.1) is 6.57 Å². The van der Waals surface area contributed by atoms with E-state index < -0.39 is 24.0 Å². The highest BCUT2D eigenvalue weighted by molar-refractivity contribution is 5.73. The summed E-state index contributed by atoms with van der Waals surface area (Å²) in [5.41, 5.74) is 8.05. The Morgan fingerprint density at radius 3 is 1.91 bits per heavy atom. The van der Waals surface area contributed by atoms with Crippen molar-refractivity contribution in [3.63, 3.8) is 0 Å². The minimum Gasteiger partial charge on any atom is -0.480 e. The van der Waals surface area contributed by atoms with Crippen molar-refractivity contribution in [2.75, 3.05) is 0 Å². The maximum absolute atomic E-state index is 9.88. The maximum Gasteiger partial charge on any atom is 0.332 e. The van der Waals surface area contributed by atoms with Crippen molar-refractivity contribution in [3.8, 4) is 0 Å². The fourth-order valence-electron chi connectivity index (χ4n) is 0.741. The van der Waals surface area contributed by atoms with E-state index in [1.165, 1.54) is 19.4 Å². The third kappa shape index (κ3) is 13.6. The van der Waals surface area contributed by atoms with Crippen LogP contribution in [0.1, 0.15) is 19.4 Å². The summed E-state index contributed by atoms with van der Waals surface area (Å²) in [7, 11) is 0. The molecule has 0 bridgehead atoms. The predicted molar refractivity (Wildman–Crippen MR) is 84.7 cm³/mol. The topological polar surface area (TPSA) is 117 Å². The smallest absolute Gasteiger partial charge is 0.332 e. The average Bonchev–Trinajstić information content (AvgIpc) is 2.49. The van der Waals surface area contributed by atoms with E-state index in [4.69, 9.17) is 22.5 Å². The van der Waals surface area contributed by atoms with Gasteiger partial charge in [-0.2, -0.15) is 11.5 Å². The number of nitrogens with one attached hydrogen (secondary N) is 1. The van der Waals surface area contributed by atoms with Gasteiger partial charge in [0.25, 0.3) is 0 Å². The molecule has 0 aliphatic rings. The zero-order valence-corrected chi connectivity index (χ0v) is 12.6. The van der Waals surface area contributed by atoms with Crippen molar-refractivity contribution in [2.45, 2.75) is 25.9 Å². The van der Waals surface area contributed by atoms with E-state index in [1.54, 1.807) is 0 Å². The Morgan fingerprint density at radius 2 is 1.73 bits per heavy atom. The molecule has 0 radical (unpaired) electrons. The van der Waals surface area contributed by atoms with Crippen molar-refractivity contribution in [2.24, 2.45) is 5.73 Å². The fourth-order valence-corrected chi connectivity index (χ4v) is 0.741. The highest BCUT2D eigenvalue weighted by Crippen LogP contribution is 1.97. The lowest BCUT2D eigenvalue weighted by molar-refractivity contribution is -0.139. The summed E-state index contributed by atoms with van der Waals surface area (Å²) < 4.78 is 0. The van der Waals surface area contributed by atoms with Crippen LogP contribution < -0.4 is 11.2 Å². The van der Waals surface area contributed by atoms with Crippen LogP contribution >= 0.6 is 0 Å². The van der Waals surface area contributed by atoms with Crippen molar-refractivity contribution < 1.29 is 19.8 Å². The number of carbonyl (C=O) groups is 2. The first-order valence-electron chi connectivity index (χ1n) is 6.26. The van der Waals surface area contributed by atoms with Crippen LogP contribution in [-0.4, -0.2) is 34.2 Å². The zero-order valence-electron chi connectivity index (χ0n) is 12.6. The van der Waals surface area contributed by atoms with Gasteiger partial charge < -0.3 is 15.9 Å². The number of carboxylic acid groups (broad SMARTS) is 2. The van der Waals surface area contributed by atoms with Gasteiger partial charge in [0.15, 0.2) is 6.04 Å². The van der Waals surface area contributed by atoms with E-state index >= 15 is 0 Å². The second-order valence-corrected chi connectivity index (χ2v) is 4.04. The molecule has 0 aliphatic carbocycles. The lowest BCUT2D eigenvalue weighted by Crippen LogP contribution is -2.28. The van der Waals surface area contributed by atoms with Crippen molar-refractivity contribution in [1.29, 1.82) is 0 Å². The van der Waals surface area contributed by atoms with E-state index in [9.17, 15) is 9.59 Å². The van der Waals surface area contributed by atoms with Crippen LogP contribution in [0.5, 0.6) is 0 Å². The average molecular weight is 307 g/mol. The summed E-state index contributed by atoms with van der Waals surface area (Å²) in [5.74, 6) is -1.98. The monoisotopic (exact) mass is 307 g/mol. The standard InChI is InChI=1S/C8H8.C4H6N2O2.C3H7NO2/c1-2-8-6-4-3-5-7-8;1-3(4(7)8)6-5-2;1-2(4)3(5)6/h2-7H,1H2;3,6H,1H3,(H,7,8);2H,4H2,1H3,(H,5,6)/t;3-;2-/m.00/s1. The number of nitrogens with zero attached hydrogens (tertiary/aromatic N) is 1. The van der Waals surface area contributed by atoms with Crippen LogP contribution in [0.4, 0.5) is 0 Å². The van der Waals surface area contributed by atoms with E-state index in [-0.39, 0.29) is 0 Å². The van der Waals surface area contributed by atoms with Gasteiger partial charge in [0, 0.05) is 0 Å². The van der Waals surface area contributed by atoms with Crippen molar-refractivity contribution in [1.82, 2.24) is 5.43 Å². The second kappa shape index (κ2) is 13.1. The number of hydrogen-bond acceptors (Lipinski definition) is 4. The number of hydrogen-bond donors (Lipinski definition) is 4. The Balaban J connectivity index is 0. The Morgan fingerprint density at radius 1 is 1.27 bits per heavy atom. The lowest BCUT2D eigenvalue weighted by atomic mass is 10.2. The molecule has 0 spiro atoms. The van der Waals surface area contributed by atoms with E-state index in [1.807, 2.05) is 41.8 Å².